The van der Waals surface area contributed by atoms with Gasteiger partial charge in [-0.1, -0.05) is 20.8 Å². The summed E-state index contributed by atoms with van der Waals surface area (Å²) in [5, 5.41) is 8.89. The van der Waals surface area contributed by atoms with Gasteiger partial charge >= 0.3 is 0 Å². The minimum atomic E-state index is -3.65. The van der Waals surface area contributed by atoms with Crippen LogP contribution in [0.15, 0.2) is 46.2 Å². The molecule has 0 radical (unpaired) electrons. The second-order valence-electron chi connectivity index (χ2n) is 7.21. The van der Waals surface area contributed by atoms with E-state index < -0.39 is 10.0 Å². The van der Waals surface area contributed by atoms with Crippen LogP contribution in [0.3, 0.4) is 0 Å². The molecule has 0 aliphatic carbocycles. The fourth-order valence-electron chi connectivity index (χ4n) is 3.07. The van der Waals surface area contributed by atoms with Gasteiger partial charge in [0.1, 0.15) is 0 Å². The van der Waals surface area contributed by atoms with Crippen LogP contribution >= 0.6 is 12.6 Å². The number of rotatable bonds is 2. The molecule has 25 heavy (non-hydrogen) atoms. The molecule has 130 valence electrons. The standard InChI is InChI=1S/C19H20N2O2S2/c1-19(2,3)16-11-17-14(10-18(16)24)8-9-21(17)25(22,23)15-6-4-13(12-20)5-7-15/h4-7,10-11,24H,8-9H2,1-3H3. The van der Waals surface area contributed by atoms with Crippen molar-refractivity contribution < 1.29 is 8.42 Å². The molecule has 6 heteroatoms. The molecule has 0 aromatic heterocycles. The summed E-state index contributed by atoms with van der Waals surface area (Å²) in [6.07, 6.45) is 0.669. The van der Waals surface area contributed by atoms with Gasteiger partial charge in [-0.05, 0) is 59.4 Å². The third-order valence-corrected chi connectivity index (χ3v) is 6.63. The van der Waals surface area contributed by atoms with E-state index in [2.05, 4.69) is 33.4 Å². The minimum absolute atomic E-state index is 0.126. The molecule has 2 aromatic carbocycles. The Balaban J connectivity index is 2.08. The van der Waals surface area contributed by atoms with Gasteiger partial charge in [0, 0.05) is 11.4 Å². The second kappa shape index (κ2) is 6.08. The smallest absolute Gasteiger partial charge is 0.264 e. The van der Waals surface area contributed by atoms with Crippen molar-refractivity contribution in [3.05, 3.63) is 53.1 Å². The van der Waals surface area contributed by atoms with Crippen LogP contribution in [-0.4, -0.2) is 15.0 Å². The molecule has 0 unspecified atom stereocenters. The first-order valence-corrected chi connectivity index (χ1v) is 9.92. The Morgan fingerprint density at radius 3 is 2.36 bits per heavy atom. The average Bonchev–Trinajstić information content (AvgIpc) is 2.96. The number of sulfonamides is 1. The Kier molecular flexibility index (Phi) is 4.34. The van der Waals surface area contributed by atoms with Crippen LogP contribution in [0, 0.1) is 11.3 Å². The number of anilines is 1. The molecule has 0 fully saturated rings. The fraction of sp³-hybridized carbons (Fsp3) is 0.316. The zero-order valence-electron chi connectivity index (χ0n) is 14.4. The lowest BCUT2D eigenvalue weighted by Crippen LogP contribution is -2.29. The average molecular weight is 373 g/mol. The molecule has 0 saturated carbocycles. The summed E-state index contributed by atoms with van der Waals surface area (Å²) in [5.41, 5.74) is 3.06. The quantitative estimate of drug-likeness (QED) is 0.814. The van der Waals surface area contributed by atoms with E-state index >= 15 is 0 Å². The Labute approximate surface area is 154 Å². The van der Waals surface area contributed by atoms with Gasteiger partial charge in [-0.25, -0.2) is 8.42 Å². The van der Waals surface area contributed by atoms with Crippen LogP contribution in [0.1, 0.15) is 37.5 Å². The van der Waals surface area contributed by atoms with E-state index in [4.69, 9.17) is 5.26 Å². The van der Waals surface area contributed by atoms with Crippen LogP contribution in [-0.2, 0) is 21.9 Å². The summed E-state index contributed by atoms with van der Waals surface area (Å²) in [6.45, 7) is 6.67. The van der Waals surface area contributed by atoms with Gasteiger partial charge in [0.25, 0.3) is 10.0 Å². The number of thiol groups is 1. The van der Waals surface area contributed by atoms with Gasteiger partial charge in [-0.15, -0.1) is 12.6 Å². The van der Waals surface area contributed by atoms with Crippen molar-refractivity contribution in [2.24, 2.45) is 0 Å². The Morgan fingerprint density at radius 1 is 1.16 bits per heavy atom. The molecule has 3 rings (SSSR count). The Morgan fingerprint density at radius 2 is 1.80 bits per heavy atom. The van der Waals surface area contributed by atoms with E-state index in [1.165, 1.54) is 28.6 Å². The van der Waals surface area contributed by atoms with Crippen LogP contribution in [0.25, 0.3) is 0 Å². The second-order valence-corrected chi connectivity index (χ2v) is 9.56. The zero-order chi connectivity index (χ0) is 18.4. The predicted octanol–water partition coefficient (Wildman–Crippen LogP) is 3.90. The zero-order valence-corrected chi connectivity index (χ0v) is 16.2. The normalized spacial score (nSPS) is 14.3. The topological polar surface area (TPSA) is 61.2 Å². The maximum atomic E-state index is 13.1. The highest BCUT2D eigenvalue weighted by Crippen LogP contribution is 2.39. The first-order chi connectivity index (χ1) is 11.6. The molecule has 0 spiro atoms. The first-order valence-electron chi connectivity index (χ1n) is 8.04. The SMILES string of the molecule is CC(C)(C)c1cc2c(cc1S)CCN2S(=O)(=O)c1ccc(C#N)cc1. The highest BCUT2D eigenvalue weighted by atomic mass is 32.2. The molecule has 1 aliphatic heterocycles. The van der Waals surface area contributed by atoms with Crippen molar-refractivity contribution in [2.75, 3.05) is 10.8 Å². The minimum Gasteiger partial charge on any atom is -0.266 e. The number of benzene rings is 2. The largest absolute Gasteiger partial charge is 0.266 e. The molecule has 2 aromatic rings. The lowest BCUT2D eigenvalue weighted by molar-refractivity contribution is 0.577. The van der Waals surface area contributed by atoms with Gasteiger partial charge in [0.05, 0.1) is 22.2 Å². The third kappa shape index (κ3) is 3.14. The highest BCUT2D eigenvalue weighted by Gasteiger charge is 2.32. The molecule has 4 nitrogen and oxygen atoms in total. The summed E-state index contributed by atoms with van der Waals surface area (Å²) in [4.78, 5) is 1.09. The molecule has 0 saturated heterocycles. The number of nitriles is 1. The van der Waals surface area contributed by atoms with Crippen molar-refractivity contribution >= 4 is 28.3 Å². The maximum absolute atomic E-state index is 13.1. The number of fused-ring (bicyclic) bond motifs is 1. The van der Waals surface area contributed by atoms with Crippen molar-refractivity contribution in [3.63, 3.8) is 0 Å². The summed E-state index contributed by atoms with van der Waals surface area (Å²) in [7, 11) is -3.65. The van der Waals surface area contributed by atoms with Crippen molar-refractivity contribution in [2.45, 2.75) is 42.4 Å². The third-order valence-electron chi connectivity index (χ3n) is 4.43. The molecule has 0 amide bonds. The van der Waals surface area contributed by atoms with Crippen LogP contribution in [0.2, 0.25) is 0 Å². The van der Waals surface area contributed by atoms with E-state index in [0.29, 0.717) is 18.5 Å². The summed E-state index contributed by atoms with van der Waals surface area (Å²) >= 11 is 4.59. The van der Waals surface area contributed by atoms with E-state index in [1.54, 1.807) is 0 Å². The van der Waals surface area contributed by atoms with Gasteiger partial charge in [0.2, 0.25) is 0 Å². The number of hydrogen-bond donors (Lipinski definition) is 1. The monoisotopic (exact) mass is 372 g/mol. The molecule has 1 heterocycles. The predicted molar refractivity (Wildman–Crippen MR) is 102 cm³/mol. The molecule has 0 N–H and O–H groups in total. The molecular formula is C19H20N2O2S2. The number of nitrogens with zero attached hydrogens (tertiary/aromatic N) is 2. The van der Waals surface area contributed by atoms with E-state index in [0.717, 1.165) is 21.7 Å². The lowest BCUT2D eigenvalue weighted by Gasteiger charge is -2.25. The molecule has 0 bridgehead atoms. The van der Waals surface area contributed by atoms with Crippen LogP contribution < -0.4 is 4.31 Å². The van der Waals surface area contributed by atoms with Crippen molar-refractivity contribution in [3.8, 4) is 6.07 Å². The van der Waals surface area contributed by atoms with Gasteiger partial charge in [0.15, 0.2) is 0 Å². The molecular weight excluding hydrogens is 352 g/mol. The lowest BCUT2D eigenvalue weighted by atomic mass is 9.86. The van der Waals surface area contributed by atoms with E-state index in [-0.39, 0.29) is 10.3 Å². The summed E-state index contributed by atoms with van der Waals surface area (Å²) < 4.78 is 27.6. The van der Waals surface area contributed by atoms with Crippen LogP contribution in [0.4, 0.5) is 5.69 Å². The first kappa shape index (κ1) is 17.8. The Hall–Kier alpha value is -1.97. The summed E-state index contributed by atoms with van der Waals surface area (Å²) in [5.74, 6) is 0. The Bertz CT molecular complexity index is 966. The van der Waals surface area contributed by atoms with Crippen LogP contribution in [0.5, 0.6) is 0 Å². The van der Waals surface area contributed by atoms with Gasteiger partial charge < -0.3 is 0 Å². The summed E-state index contributed by atoms with van der Waals surface area (Å²) in [6, 6.07) is 12.0. The van der Waals surface area contributed by atoms with Gasteiger partial charge in [-0.3, -0.25) is 4.31 Å². The number of hydrogen-bond acceptors (Lipinski definition) is 4. The van der Waals surface area contributed by atoms with Crippen molar-refractivity contribution in [1.82, 2.24) is 0 Å². The maximum Gasteiger partial charge on any atom is 0.264 e. The fourth-order valence-corrected chi connectivity index (χ4v) is 5.12. The molecule has 1 aliphatic rings. The van der Waals surface area contributed by atoms with Crippen molar-refractivity contribution in [1.29, 1.82) is 5.26 Å². The van der Waals surface area contributed by atoms with Gasteiger partial charge in [-0.2, -0.15) is 5.26 Å². The highest BCUT2D eigenvalue weighted by molar-refractivity contribution is 7.92. The molecule has 0 atom stereocenters. The van der Waals surface area contributed by atoms with E-state index in [1.807, 2.05) is 18.2 Å². The van der Waals surface area contributed by atoms with E-state index in [9.17, 15) is 8.42 Å².